The summed E-state index contributed by atoms with van der Waals surface area (Å²) in [6, 6.07) is 4.49. The Labute approximate surface area is 114 Å². The lowest BCUT2D eigenvalue weighted by Gasteiger charge is -2.24. The van der Waals surface area contributed by atoms with Gasteiger partial charge in [0.05, 0.1) is 6.04 Å². The van der Waals surface area contributed by atoms with E-state index in [2.05, 4.69) is 22.0 Å². The van der Waals surface area contributed by atoms with Gasteiger partial charge < -0.3 is 9.80 Å². The molecule has 1 atom stereocenters. The van der Waals surface area contributed by atoms with Gasteiger partial charge in [0.2, 0.25) is 5.91 Å². The highest BCUT2D eigenvalue weighted by Gasteiger charge is 2.28. The Morgan fingerprint density at radius 3 is 2.63 bits per heavy atom. The lowest BCUT2D eigenvalue weighted by Crippen LogP contribution is -2.28. The molecular formula is C15H21N3O. The number of aromatic nitrogens is 1. The number of carbonyl (C=O) groups excluding carboxylic acids is 1. The Hall–Kier alpha value is -1.58. The zero-order valence-electron chi connectivity index (χ0n) is 11.5. The Balaban J connectivity index is 1.76. The summed E-state index contributed by atoms with van der Waals surface area (Å²) in [4.78, 5) is 20.5. The van der Waals surface area contributed by atoms with Gasteiger partial charge in [0, 0.05) is 32.8 Å². The van der Waals surface area contributed by atoms with Gasteiger partial charge in [0.25, 0.3) is 0 Å². The largest absolute Gasteiger partial charge is 0.357 e. The van der Waals surface area contributed by atoms with Gasteiger partial charge in [-0.25, -0.2) is 4.98 Å². The third-order valence-corrected chi connectivity index (χ3v) is 4.24. The van der Waals surface area contributed by atoms with Crippen LogP contribution in [-0.4, -0.2) is 35.4 Å². The molecular weight excluding hydrogens is 238 g/mol. The van der Waals surface area contributed by atoms with Gasteiger partial charge in [-0.05, 0) is 37.3 Å². The van der Waals surface area contributed by atoms with Crippen molar-refractivity contribution < 1.29 is 4.79 Å². The second-order valence-electron chi connectivity index (χ2n) is 5.51. The van der Waals surface area contributed by atoms with Crippen LogP contribution < -0.4 is 4.90 Å². The fourth-order valence-electron chi connectivity index (χ4n) is 3.22. The first kappa shape index (κ1) is 12.5. The van der Waals surface area contributed by atoms with Crippen molar-refractivity contribution in [3.63, 3.8) is 0 Å². The number of carbonyl (C=O) groups is 1. The molecule has 3 rings (SSSR count). The van der Waals surface area contributed by atoms with E-state index in [1.807, 2.05) is 11.1 Å². The van der Waals surface area contributed by atoms with E-state index >= 15 is 0 Å². The molecule has 0 bridgehead atoms. The molecule has 3 heterocycles. The van der Waals surface area contributed by atoms with Gasteiger partial charge in [-0.2, -0.15) is 0 Å². The summed E-state index contributed by atoms with van der Waals surface area (Å²) in [5, 5.41) is 0. The molecule has 2 saturated heterocycles. The fourth-order valence-corrected chi connectivity index (χ4v) is 3.22. The van der Waals surface area contributed by atoms with Crippen molar-refractivity contribution in [2.45, 2.75) is 38.6 Å². The van der Waals surface area contributed by atoms with E-state index in [4.69, 9.17) is 0 Å². The zero-order chi connectivity index (χ0) is 13.2. The Kier molecular flexibility index (Phi) is 3.40. The van der Waals surface area contributed by atoms with Gasteiger partial charge in [-0.1, -0.05) is 6.07 Å². The number of pyridine rings is 1. The summed E-state index contributed by atoms with van der Waals surface area (Å²) in [7, 11) is 0. The van der Waals surface area contributed by atoms with Crippen molar-refractivity contribution in [2.24, 2.45) is 0 Å². The number of likely N-dealkylation sites (tertiary alicyclic amines) is 1. The lowest BCUT2D eigenvalue weighted by atomic mass is 10.1. The van der Waals surface area contributed by atoms with Crippen LogP contribution in [0.3, 0.4) is 0 Å². The van der Waals surface area contributed by atoms with Crippen LogP contribution in [0, 0.1) is 0 Å². The van der Waals surface area contributed by atoms with Crippen LogP contribution in [0.25, 0.3) is 0 Å². The molecule has 0 spiro atoms. The molecule has 102 valence electrons. The third kappa shape index (κ3) is 2.44. The quantitative estimate of drug-likeness (QED) is 0.818. The van der Waals surface area contributed by atoms with Crippen LogP contribution >= 0.6 is 0 Å². The van der Waals surface area contributed by atoms with Gasteiger partial charge >= 0.3 is 0 Å². The van der Waals surface area contributed by atoms with Crippen molar-refractivity contribution >= 4 is 11.7 Å². The molecule has 0 aromatic carbocycles. The highest BCUT2D eigenvalue weighted by molar-refractivity contribution is 5.74. The average Bonchev–Trinajstić information content (AvgIpc) is 3.10. The molecule has 2 aliphatic rings. The number of hydrogen-bond donors (Lipinski definition) is 0. The molecule has 4 heteroatoms. The minimum absolute atomic E-state index is 0.172. The van der Waals surface area contributed by atoms with E-state index in [1.54, 1.807) is 6.92 Å². The van der Waals surface area contributed by atoms with Crippen molar-refractivity contribution in [2.75, 3.05) is 24.5 Å². The predicted octanol–water partition coefficient (Wildman–Crippen LogP) is 2.37. The number of nitrogens with zero attached hydrogens (tertiary/aromatic N) is 3. The molecule has 2 aliphatic heterocycles. The van der Waals surface area contributed by atoms with E-state index in [0.29, 0.717) is 0 Å². The van der Waals surface area contributed by atoms with Gasteiger partial charge in [0.1, 0.15) is 5.82 Å². The van der Waals surface area contributed by atoms with Crippen LogP contribution in [0.4, 0.5) is 5.82 Å². The summed E-state index contributed by atoms with van der Waals surface area (Å²) in [5.74, 6) is 1.25. The number of anilines is 1. The Bertz CT molecular complexity index is 451. The van der Waals surface area contributed by atoms with E-state index in [-0.39, 0.29) is 11.9 Å². The van der Waals surface area contributed by atoms with E-state index in [1.165, 1.54) is 18.4 Å². The Morgan fingerprint density at radius 2 is 2.00 bits per heavy atom. The highest BCUT2D eigenvalue weighted by Crippen LogP contribution is 2.32. The van der Waals surface area contributed by atoms with E-state index < -0.39 is 0 Å². The first-order valence-corrected chi connectivity index (χ1v) is 7.24. The normalized spacial score (nSPS) is 23.1. The number of rotatable bonds is 2. The summed E-state index contributed by atoms with van der Waals surface area (Å²) in [6.45, 7) is 4.78. The molecule has 0 N–H and O–H groups in total. The summed E-state index contributed by atoms with van der Waals surface area (Å²) in [5.41, 5.74) is 1.18. The molecule has 0 saturated carbocycles. The monoisotopic (exact) mass is 259 g/mol. The standard InChI is InChI=1S/C15H21N3O/c1-12(19)18-10-4-5-14(18)13-6-7-15(16-11-13)17-8-2-3-9-17/h6-7,11,14H,2-5,8-10H2,1H3. The maximum Gasteiger partial charge on any atom is 0.219 e. The predicted molar refractivity (Wildman–Crippen MR) is 75.0 cm³/mol. The molecule has 1 unspecified atom stereocenters. The van der Waals surface area contributed by atoms with Crippen molar-refractivity contribution in [1.82, 2.24) is 9.88 Å². The van der Waals surface area contributed by atoms with Crippen LogP contribution in [0.1, 0.15) is 44.2 Å². The minimum Gasteiger partial charge on any atom is -0.357 e. The minimum atomic E-state index is 0.172. The van der Waals surface area contributed by atoms with Crippen LogP contribution in [0.15, 0.2) is 18.3 Å². The van der Waals surface area contributed by atoms with Gasteiger partial charge in [0.15, 0.2) is 0 Å². The molecule has 19 heavy (non-hydrogen) atoms. The smallest absolute Gasteiger partial charge is 0.219 e. The number of hydrogen-bond acceptors (Lipinski definition) is 3. The summed E-state index contributed by atoms with van der Waals surface area (Å²) in [6.07, 6.45) is 6.65. The van der Waals surface area contributed by atoms with Crippen LogP contribution in [0.2, 0.25) is 0 Å². The SMILES string of the molecule is CC(=O)N1CCCC1c1ccc(N2CCCC2)nc1. The first-order chi connectivity index (χ1) is 9.25. The average molecular weight is 259 g/mol. The van der Waals surface area contributed by atoms with Gasteiger partial charge in [-0.15, -0.1) is 0 Å². The van der Waals surface area contributed by atoms with E-state index in [9.17, 15) is 4.79 Å². The zero-order valence-corrected chi connectivity index (χ0v) is 11.5. The van der Waals surface area contributed by atoms with E-state index in [0.717, 1.165) is 38.3 Å². The molecule has 1 amide bonds. The number of amides is 1. The molecule has 1 aromatic heterocycles. The molecule has 0 radical (unpaired) electrons. The van der Waals surface area contributed by atoms with Crippen molar-refractivity contribution in [3.05, 3.63) is 23.9 Å². The topological polar surface area (TPSA) is 36.4 Å². The van der Waals surface area contributed by atoms with Gasteiger partial charge in [-0.3, -0.25) is 4.79 Å². The second kappa shape index (κ2) is 5.19. The second-order valence-corrected chi connectivity index (χ2v) is 5.51. The summed E-state index contributed by atoms with van der Waals surface area (Å²) >= 11 is 0. The van der Waals surface area contributed by atoms with Crippen LogP contribution in [-0.2, 0) is 4.79 Å². The molecule has 4 nitrogen and oxygen atoms in total. The fraction of sp³-hybridized carbons (Fsp3) is 0.600. The van der Waals surface area contributed by atoms with Crippen molar-refractivity contribution in [1.29, 1.82) is 0 Å². The Morgan fingerprint density at radius 1 is 1.21 bits per heavy atom. The molecule has 0 aliphatic carbocycles. The van der Waals surface area contributed by atoms with Crippen LogP contribution in [0.5, 0.6) is 0 Å². The first-order valence-electron chi connectivity index (χ1n) is 7.24. The molecule has 2 fully saturated rings. The van der Waals surface area contributed by atoms with Crippen molar-refractivity contribution in [3.8, 4) is 0 Å². The highest BCUT2D eigenvalue weighted by atomic mass is 16.2. The molecule has 1 aromatic rings. The lowest BCUT2D eigenvalue weighted by molar-refractivity contribution is -0.129. The maximum atomic E-state index is 11.6. The third-order valence-electron chi connectivity index (χ3n) is 4.24. The summed E-state index contributed by atoms with van der Waals surface area (Å²) < 4.78 is 0. The maximum absolute atomic E-state index is 11.6.